The highest BCUT2D eigenvalue weighted by molar-refractivity contribution is 4.90. The molecule has 1 aliphatic carbocycles. The number of hydrogen-bond donors (Lipinski definition) is 0. The van der Waals surface area contributed by atoms with Crippen molar-refractivity contribution < 1.29 is 0 Å². The van der Waals surface area contributed by atoms with Crippen molar-refractivity contribution in [2.75, 3.05) is 0 Å². The standard InChI is InChI=1S/C17H34/c1-12(2)16-10-8-14(5)17(7,13(3)4)15(6)9-11-16/h12-16H,8-11H2,1-7H3. The van der Waals surface area contributed by atoms with E-state index in [1.54, 1.807) is 0 Å². The molecular weight excluding hydrogens is 204 g/mol. The molecule has 0 heteroatoms. The Labute approximate surface area is 110 Å². The van der Waals surface area contributed by atoms with E-state index in [1.165, 1.54) is 25.7 Å². The molecule has 102 valence electrons. The third-order valence-corrected chi connectivity index (χ3v) is 6.25. The highest BCUT2D eigenvalue weighted by Gasteiger charge is 2.40. The zero-order valence-corrected chi connectivity index (χ0v) is 13.2. The average molecular weight is 238 g/mol. The molecule has 0 nitrogen and oxygen atoms in total. The topological polar surface area (TPSA) is 0 Å². The van der Waals surface area contributed by atoms with Crippen LogP contribution < -0.4 is 0 Å². The summed E-state index contributed by atoms with van der Waals surface area (Å²) in [6, 6.07) is 0. The van der Waals surface area contributed by atoms with E-state index < -0.39 is 0 Å². The lowest BCUT2D eigenvalue weighted by Crippen LogP contribution is -2.39. The van der Waals surface area contributed by atoms with Gasteiger partial charge in [0.2, 0.25) is 0 Å². The fourth-order valence-corrected chi connectivity index (χ4v) is 3.98. The van der Waals surface area contributed by atoms with Crippen LogP contribution in [0.15, 0.2) is 0 Å². The van der Waals surface area contributed by atoms with Gasteiger partial charge in [0.05, 0.1) is 0 Å². The second-order valence-corrected chi connectivity index (χ2v) is 7.48. The lowest BCUT2D eigenvalue weighted by atomic mass is 9.58. The quantitative estimate of drug-likeness (QED) is 0.573. The summed E-state index contributed by atoms with van der Waals surface area (Å²) >= 11 is 0. The molecule has 0 saturated heterocycles. The van der Waals surface area contributed by atoms with Crippen molar-refractivity contribution in [3.05, 3.63) is 0 Å². The van der Waals surface area contributed by atoms with Crippen LogP contribution in [-0.4, -0.2) is 0 Å². The summed E-state index contributed by atoms with van der Waals surface area (Å²) in [5.41, 5.74) is 0.544. The van der Waals surface area contributed by atoms with E-state index in [2.05, 4.69) is 48.5 Å². The van der Waals surface area contributed by atoms with Crippen LogP contribution in [0.3, 0.4) is 0 Å². The highest BCUT2D eigenvalue weighted by Crippen LogP contribution is 2.49. The molecule has 0 aromatic rings. The Kier molecular flexibility index (Phi) is 5.10. The van der Waals surface area contributed by atoms with Gasteiger partial charge in [-0.15, -0.1) is 0 Å². The maximum Gasteiger partial charge on any atom is -0.0251 e. The van der Waals surface area contributed by atoms with Gasteiger partial charge in [-0.1, -0.05) is 48.5 Å². The van der Waals surface area contributed by atoms with Gasteiger partial charge in [-0.05, 0) is 60.7 Å². The van der Waals surface area contributed by atoms with Crippen molar-refractivity contribution in [1.82, 2.24) is 0 Å². The average Bonchev–Trinajstić information content (AvgIpc) is 2.24. The Morgan fingerprint density at radius 3 is 1.53 bits per heavy atom. The summed E-state index contributed by atoms with van der Waals surface area (Å²) < 4.78 is 0. The fourth-order valence-electron chi connectivity index (χ4n) is 3.98. The number of hydrogen-bond acceptors (Lipinski definition) is 0. The Morgan fingerprint density at radius 2 is 1.24 bits per heavy atom. The molecule has 1 fully saturated rings. The van der Waals surface area contributed by atoms with Gasteiger partial charge in [0, 0.05) is 0 Å². The van der Waals surface area contributed by atoms with E-state index in [1.807, 2.05) is 0 Å². The van der Waals surface area contributed by atoms with E-state index in [0.29, 0.717) is 5.41 Å². The van der Waals surface area contributed by atoms with E-state index in [4.69, 9.17) is 0 Å². The van der Waals surface area contributed by atoms with Gasteiger partial charge in [-0.2, -0.15) is 0 Å². The van der Waals surface area contributed by atoms with Crippen molar-refractivity contribution in [2.45, 2.75) is 74.1 Å². The first-order valence-corrected chi connectivity index (χ1v) is 7.80. The van der Waals surface area contributed by atoms with Crippen LogP contribution in [0.4, 0.5) is 0 Å². The van der Waals surface area contributed by atoms with Crippen molar-refractivity contribution >= 4 is 0 Å². The van der Waals surface area contributed by atoms with Crippen LogP contribution in [0.5, 0.6) is 0 Å². The van der Waals surface area contributed by atoms with Gasteiger partial charge >= 0.3 is 0 Å². The van der Waals surface area contributed by atoms with Crippen LogP contribution in [0, 0.1) is 35.0 Å². The molecule has 0 N–H and O–H groups in total. The maximum atomic E-state index is 2.54. The molecule has 0 radical (unpaired) electrons. The fraction of sp³-hybridized carbons (Fsp3) is 1.00. The molecule has 1 saturated carbocycles. The molecule has 0 aliphatic heterocycles. The molecule has 0 aromatic heterocycles. The molecule has 0 spiro atoms. The molecule has 0 amide bonds. The zero-order valence-electron chi connectivity index (χ0n) is 13.2. The third kappa shape index (κ3) is 3.06. The smallest absolute Gasteiger partial charge is 0.0251 e. The largest absolute Gasteiger partial charge is 0.0625 e. The van der Waals surface area contributed by atoms with Crippen molar-refractivity contribution in [3.63, 3.8) is 0 Å². The van der Waals surface area contributed by atoms with Crippen molar-refractivity contribution in [1.29, 1.82) is 0 Å². The van der Waals surface area contributed by atoms with E-state index >= 15 is 0 Å². The summed E-state index contributed by atoms with van der Waals surface area (Å²) in [7, 11) is 0. The lowest BCUT2D eigenvalue weighted by molar-refractivity contribution is 0.0210. The van der Waals surface area contributed by atoms with Gasteiger partial charge in [-0.3, -0.25) is 0 Å². The molecule has 0 aromatic carbocycles. The minimum atomic E-state index is 0.544. The third-order valence-electron chi connectivity index (χ3n) is 6.25. The summed E-state index contributed by atoms with van der Waals surface area (Å²) in [5.74, 6) is 4.40. The molecule has 17 heavy (non-hydrogen) atoms. The van der Waals surface area contributed by atoms with Crippen molar-refractivity contribution in [3.8, 4) is 0 Å². The molecule has 2 atom stereocenters. The van der Waals surface area contributed by atoms with Crippen LogP contribution in [0.2, 0.25) is 0 Å². The first-order chi connectivity index (χ1) is 7.80. The Bertz CT molecular complexity index is 212. The van der Waals surface area contributed by atoms with E-state index in [9.17, 15) is 0 Å². The van der Waals surface area contributed by atoms with Crippen molar-refractivity contribution in [2.24, 2.45) is 35.0 Å². The predicted octanol–water partition coefficient (Wildman–Crippen LogP) is 5.77. The molecule has 1 aliphatic rings. The second-order valence-electron chi connectivity index (χ2n) is 7.48. The second kappa shape index (κ2) is 5.76. The van der Waals surface area contributed by atoms with Gasteiger partial charge in [0.15, 0.2) is 0 Å². The maximum absolute atomic E-state index is 2.54. The Hall–Kier alpha value is 0. The zero-order chi connectivity index (χ0) is 13.2. The Balaban J connectivity index is 2.81. The first kappa shape index (κ1) is 15.1. The minimum absolute atomic E-state index is 0.544. The van der Waals surface area contributed by atoms with Crippen LogP contribution >= 0.6 is 0 Å². The SMILES string of the molecule is CC(C)C1CCC(C)C(C)(C(C)C)C(C)CC1. The highest BCUT2D eigenvalue weighted by atomic mass is 14.5. The monoisotopic (exact) mass is 238 g/mol. The molecule has 1 rings (SSSR count). The Morgan fingerprint density at radius 1 is 0.824 bits per heavy atom. The predicted molar refractivity (Wildman–Crippen MR) is 78.1 cm³/mol. The number of rotatable bonds is 2. The van der Waals surface area contributed by atoms with E-state index in [-0.39, 0.29) is 0 Å². The molecule has 2 unspecified atom stereocenters. The van der Waals surface area contributed by atoms with Gasteiger partial charge < -0.3 is 0 Å². The van der Waals surface area contributed by atoms with Crippen LogP contribution in [-0.2, 0) is 0 Å². The summed E-state index contributed by atoms with van der Waals surface area (Å²) in [6.45, 7) is 17.2. The van der Waals surface area contributed by atoms with Gasteiger partial charge in [0.25, 0.3) is 0 Å². The molecule has 0 bridgehead atoms. The molecule has 0 heterocycles. The summed E-state index contributed by atoms with van der Waals surface area (Å²) in [6.07, 6.45) is 5.77. The van der Waals surface area contributed by atoms with Crippen LogP contribution in [0.25, 0.3) is 0 Å². The van der Waals surface area contributed by atoms with Gasteiger partial charge in [0.1, 0.15) is 0 Å². The lowest BCUT2D eigenvalue weighted by Gasteiger charge is -2.47. The van der Waals surface area contributed by atoms with E-state index in [0.717, 1.165) is 29.6 Å². The normalized spacial score (nSPS) is 40.4. The summed E-state index contributed by atoms with van der Waals surface area (Å²) in [4.78, 5) is 0. The summed E-state index contributed by atoms with van der Waals surface area (Å²) in [5, 5.41) is 0. The molecular formula is C17H34. The minimum Gasteiger partial charge on any atom is -0.0625 e. The van der Waals surface area contributed by atoms with Crippen LogP contribution in [0.1, 0.15) is 74.1 Å². The first-order valence-electron chi connectivity index (χ1n) is 7.80. The van der Waals surface area contributed by atoms with Gasteiger partial charge in [-0.25, -0.2) is 0 Å².